The second-order valence-electron chi connectivity index (χ2n) is 6.18. The number of nitrogens with two attached hydrogens (primary N) is 1. The van der Waals surface area contributed by atoms with Crippen LogP contribution in [0.15, 0.2) is 54.6 Å². The summed E-state index contributed by atoms with van der Waals surface area (Å²) in [6.07, 6.45) is 0. The highest BCUT2D eigenvalue weighted by molar-refractivity contribution is 6.12. The molecule has 0 bridgehead atoms. The van der Waals surface area contributed by atoms with Gasteiger partial charge < -0.3 is 5.73 Å². The fourth-order valence-corrected chi connectivity index (χ4v) is 2.92. The Kier molecular flexibility index (Phi) is 4.48. The van der Waals surface area contributed by atoms with Crippen LogP contribution < -0.4 is 11.1 Å². The second kappa shape index (κ2) is 6.73. The summed E-state index contributed by atoms with van der Waals surface area (Å²) >= 11 is 0. The first kappa shape index (κ1) is 16.6. The van der Waals surface area contributed by atoms with Gasteiger partial charge in [-0.1, -0.05) is 56.3 Å². The Morgan fingerprint density at radius 1 is 1.12 bits per heavy atom. The Labute approximate surface area is 146 Å². The SMILES string of the molecule is CC(C)c1ccccc1-c1cc(C(=O)NC(=N)N)c2ccccc2n1. The molecule has 126 valence electrons. The molecule has 1 amide bonds. The fraction of sp³-hybridized carbons (Fsp3) is 0.150. The smallest absolute Gasteiger partial charge is 0.258 e. The Morgan fingerprint density at radius 2 is 1.80 bits per heavy atom. The van der Waals surface area contributed by atoms with Crippen molar-refractivity contribution in [1.29, 1.82) is 5.41 Å². The summed E-state index contributed by atoms with van der Waals surface area (Å²) in [6, 6.07) is 17.3. The average molecular weight is 332 g/mol. The number of rotatable bonds is 3. The number of pyridine rings is 1. The molecule has 0 aliphatic rings. The summed E-state index contributed by atoms with van der Waals surface area (Å²) in [6.45, 7) is 4.26. The van der Waals surface area contributed by atoms with Gasteiger partial charge in [-0.15, -0.1) is 0 Å². The highest BCUT2D eigenvalue weighted by atomic mass is 16.1. The third-order valence-corrected chi connectivity index (χ3v) is 4.07. The van der Waals surface area contributed by atoms with Gasteiger partial charge in [-0.2, -0.15) is 0 Å². The van der Waals surface area contributed by atoms with E-state index in [0.29, 0.717) is 11.5 Å². The molecule has 0 saturated heterocycles. The van der Waals surface area contributed by atoms with Gasteiger partial charge in [-0.05, 0) is 23.6 Å². The van der Waals surface area contributed by atoms with Crippen LogP contribution in [0, 0.1) is 5.41 Å². The summed E-state index contributed by atoms with van der Waals surface area (Å²) < 4.78 is 0. The van der Waals surface area contributed by atoms with Crippen LogP contribution >= 0.6 is 0 Å². The fourth-order valence-electron chi connectivity index (χ4n) is 2.92. The van der Waals surface area contributed by atoms with E-state index >= 15 is 0 Å². The molecule has 0 radical (unpaired) electrons. The van der Waals surface area contributed by atoms with E-state index < -0.39 is 5.91 Å². The van der Waals surface area contributed by atoms with Crippen molar-refractivity contribution in [2.24, 2.45) is 5.73 Å². The summed E-state index contributed by atoms with van der Waals surface area (Å²) in [5.74, 6) is -0.455. The van der Waals surface area contributed by atoms with Crippen LogP contribution in [0.1, 0.15) is 35.7 Å². The normalized spacial score (nSPS) is 10.8. The number of aromatic nitrogens is 1. The Balaban J connectivity index is 2.25. The molecule has 2 aromatic carbocycles. The lowest BCUT2D eigenvalue weighted by molar-refractivity contribution is 0.0978. The van der Waals surface area contributed by atoms with Crippen LogP contribution in [0.25, 0.3) is 22.2 Å². The zero-order valence-electron chi connectivity index (χ0n) is 14.2. The Bertz CT molecular complexity index is 963. The molecule has 0 aliphatic carbocycles. The second-order valence-corrected chi connectivity index (χ2v) is 6.18. The monoisotopic (exact) mass is 332 g/mol. The summed E-state index contributed by atoms with van der Waals surface area (Å²) in [4.78, 5) is 17.3. The maximum atomic E-state index is 12.5. The van der Waals surface area contributed by atoms with Crippen LogP contribution in [0.2, 0.25) is 0 Å². The molecule has 4 N–H and O–H groups in total. The first-order valence-corrected chi connectivity index (χ1v) is 8.12. The predicted octanol–water partition coefficient (Wildman–Crippen LogP) is 3.65. The number of hydrogen-bond donors (Lipinski definition) is 3. The molecule has 0 spiro atoms. The third-order valence-electron chi connectivity index (χ3n) is 4.07. The molecule has 0 saturated carbocycles. The zero-order valence-corrected chi connectivity index (χ0v) is 14.2. The molecule has 0 aliphatic heterocycles. The van der Waals surface area contributed by atoms with Gasteiger partial charge in [0.05, 0.1) is 16.8 Å². The Morgan fingerprint density at radius 3 is 2.52 bits per heavy atom. The third kappa shape index (κ3) is 3.35. The summed E-state index contributed by atoms with van der Waals surface area (Å²) in [5, 5.41) is 10.4. The average Bonchev–Trinajstić information content (AvgIpc) is 2.60. The number of carbonyl (C=O) groups excluding carboxylic acids is 1. The van der Waals surface area contributed by atoms with E-state index in [-0.39, 0.29) is 5.96 Å². The number of benzene rings is 2. The van der Waals surface area contributed by atoms with Gasteiger partial charge in [0, 0.05) is 10.9 Å². The van der Waals surface area contributed by atoms with Gasteiger partial charge >= 0.3 is 0 Å². The number of nitrogens with one attached hydrogen (secondary N) is 2. The van der Waals surface area contributed by atoms with Gasteiger partial charge in [-0.25, -0.2) is 4.98 Å². The van der Waals surface area contributed by atoms with Crippen LogP contribution in [-0.4, -0.2) is 16.9 Å². The molecular weight excluding hydrogens is 312 g/mol. The maximum Gasteiger partial charge on any atom is 0.258 e. The summed E-state index contributed by atoms with van der Waals surface area (Å²) in [5.41, 5.74) is 9.41. The van der Waals surface area contributed by atoms with Gasteiger partial charge in [-0.3, -0.25) is 15.5 Å². The maximum absolute atomic E-state index is 12.5. The van der Waals surface area contributed by atoms with E-state index in [2.05, 4.69) is 25.2 Å². The molecule has 0 fully saturated rings. The van der Waals surface area contributed by atoms with E-state index in [1.807, 2.05) is 42.5 Å². The van der Waals surface area contributed by atoms with Crippen molar-refractivity contribution in [2.45, 2.75) is 19.8 Å². The molecule has 0 atom stereocenters. The predicted molar refractivity (Wildman–Crippen MR) is 101 cm³/mol. The van der Waals surface area contributed by atoms with E-state index in [1.54, 1.807) is 6.07 Å². The standard InChI is InChI=1S/C20H20N4O/c1-12(2)13-7-3-4-8-14(13)18-11-16(19(25)24-20(21)22)15-9-5-6-10-17(15)23-18/h3-12H,1-2H3,(H4,21,22,24,25). The zero-order chi connectivity index (χ0) is 18.0. The van der Waals surface area contributed by atoms with Gasteiger partial charge in [0.1, 0.15) is 0 Å². The van der Waals surface area contributed by atoms with Crippen LogP contribution in [0.4, 0.5) is 0 Å². The molecular formula is C20H20N4O. The molecule has 3 aromatic rings. The lowest BCUT2D eigenvalue weighted by Crippen LogP contribution is -2.35. The van der Waals surface area contributed by atoms with Gasteiger partial charge in [0.15, 0.2) is 5.96 Å². The highest BCUT2D eigenvalue weighted by Gasteiger charge is 2.16. The number of amides is 1. The number of carbonyl (C=O) groups is 1. The quantitative estimate of drug-likeness (QED) is 0.505. The van der Waals surface area contributed by atoms with E-state index in [4.69, 9.17) is 16.1 Å². The molecule has 25 heavy (non-hydrogen) atoms. The van der Waals surface area contributed by atoms with Crippen molar-refractivity contribution in [2.75, 3.05) is 0 Å². The number of hydrogen-bond acceptors (Lipinski definition) is 3. The summed E-state index contributed by atoms with van der Waals surface area (Å²) in [7, 11) is 0. The van der Waals surface area contributed by atoms with Crippen molar-refractivity contribution in [3.05, 3.63) is 65.7 Å². The minimum Gasteiger partial charge on any atom is -0.370 e. The van der Waals surface area contributed by atoms with Crippen LogP contribution in [0.5, 0.6) is 0 Å². The molecule has 1 aromatic heterocycles. The molecule has 1 heterocycles. The van der Waals surface area contributed by atoms with Crippen molar-refractivity contribution in [3.8, 4) is 11.3 Å². The first-order chi connectivity index (χ1) is 12.0. The van der Waals surface area contributed by atoms with E-state index in [9.17, 15) is 4.79 Å². The van der Waals surface area contributed by atoms with Crippen LogP contribution in [0.3, 0.4) is 0 Å². The largest absolute Gasteiger partial charge is 0.370 e. The van der Waals surface area contributed by atoms with Crippen molar-refractivity contribution in [3.63, 3.8) is 0 Å². The van der Waals surface area contributed by atoms with E-state index in [1.165, 1.54) is 5.56 Å². The lowest BCUT2D eigenvalue weighted by atomic mass is 9.94. The number of para-hydroxylation sites is 1. The number of nitrogens with zero attached hydrogens (tertiary/aromatic N) is 1. The van der Waals surface area contributed by atoms with Crippen molar-refractivity contribution < 1.29 is 4.79 Å². The van der Waals surface area contributed by atoms with Crippen LogP contribution in [-0.2, 0) is 0 Å². The topological polar surface area (TPSA) is 91.9 Å². The van der Waals surface area contributed by atoms with Crippen molar-refractivity contribution in [1.82, 2.24) is 10.3 Å². The minimum atomic E-state index is -0.408. The van der Waals surface area contributed by atoms with Gasteiger partial charge in [0.25, 0.3) is 5.91 Å². The number of fused-ring (bicyclic) bond motifs is 1. The lowest BCUT2D eigenvalue weighted by Gasteiger charge is -2.14. The molecule has 0 unspecified atom stereocenters. The highest BCUT2D eigenvalue weighted by Crippen LogP contribution is 2.30. The van der Waals surface area contributed by atoms with E-state index in [0.717, 1.165) is 22.2 Å². The molecule has 5 heteroatoms. The van der Waals surface area contributed by atoms with Gasteiger partial charge in [0.2, 0.25) is 0 Å². The van der Waals surface area contributed by atoms with Crippen molar-refractivity contribution >= 4 is 22.8 Å². The molecule has 3 rings (SSSR count). The molecule has 5 nitrogen and oxygen atoms in total. The number of guanidine groups is 1. The first-order valence-electron chi connectivity index (χ1n) is 8.12. The minimum absolute atomic E-state index is 0.332. The Hall–Kier alpha value is -3.21.